The molecular weight excluding hydrogens is 522 g/mol. The Kier molecular flexibility index (Phi) is 5.52. The molecule has 6 nitrogen and oxygen atoms in total. The van der Waals surface area contributed by atoms with Gasteiger partial charge in [0.15, 0.2) is 5.69 Å². The van der Waals surface area contributed by atoms with E-state index in [-0.39, 0.29) is 22.6 Å². The number of nitrogens with two attached hydrogens (primary N) is 1. The number of aromatic nitrogens is 1. The predicted molar refractivity (Wildman–Crippen MR) is 93.3 cm³/mol. The number of ether oxygens (including phenoxy) is 2. The SMILES string of the molecule is COC(=O)c1c(N)c(C#N)cn1-c1cc(OC(F)(F)F)cc(Br)c1I. The van der Waals surface area contributed by atoms with Crippen LogP contribution in [0.4, 0.5) is 18.9 Å². The molecule has 1 heterocycles. The van der Waals surface area contributed by atoms with E-state index in [0.717, 1.165) is 19.2 Å². The first-order valence-corrected chi connectivity index (χ1v) is 8.20. The number of alkyl halides is 3. The van der Waals surface area contributed by atoms with Crippen LogP contribution in [-0.4, -0.2) is 24.0 Å². The molecule has 1 aromatic carbocycles. The summed E-state index contributed by atoms with van der Waals surface area (Å²) in [6.45, 7) is 0. The summed E-state index contributed by atoms with van der Waals surface area (Å²) in [6, 6.07) is 4.02. The normalized spacial score (nSPS) is 11.1. The van der Waals surface area contributed by atoms with E-state index in [4.69, 9.17) is 11.0 Å². The van der Waals surface area contributed by atoms with Crippen LogP contribution in [0.15, 0.2) is 22.8 Å². The molecule has 0 bridgehead atoms. The number of rotatable bonds is 3. The fraction of sp³-hybridized carbons (Fsp3) is 0.143. The zero-order valence-corrected chi connectivity index (χ0v) is 16.1. The van der Waals surface area contributed by atoms with Crippen LogP contribution in [-0.2, 0) is 4.74 Å². The molecule has 1 aromatic heterocycles. The zero-order valence-electron chi connectivity index (χ0n) is 12.3. The Hall–Kier alpha value is -1.94. The van der Waals surface area contributed by atoms with Gasteiger partial charge in [0, 0.05) is 16.7 Å². The van der Waals surface area contributed by atoms with Crippen LogP contribution in [0.2, 0.25) is 0 Å². The minimum Gasteiger partial charge on any atom is -0.464 e. The molecule has 132 valence electrons. The lowest BCUT2D eigenvalue weighted by molar-refractivity contribution is -0.274. The summed E-state index contributed by atoms with van der Waals surface area (Å²) in [5.74, 6) is -1.34. The van der Waals surface area contributed by atoms with Crippen LogP contribution < -0.4 is 10.5 Å². The van der Waals surface area contributed by atoms with Crippen LogP contribution in [0.25, 0.3) is 5.69 Å². The van der Waals surface area contributed by atoms with Crippen LogP contribution in [0.1, 0.15) is 16.1 Å². The van der Waals surface area contributed by atoms with E-state index in [1.54, 1.807) is 0 Å². The molecule has 0 saturated heterocycles. The molecule has 0 radical (unpaired) electrons. The Morgan fingerprint density at radius 1 is 1.44 bits per heavy atom. The fourth-order valence-corrected chi connectivity index (χ4v) is 3.02. The fourth-order valence-electron chi connectivity index (χ4n) is 2.02. The number of esters is 1. The Balaban J connectivity index is 2.74. The number of carbonyl (C=O) groups excluding carboxylic acids is 1. The molecular formula is C14H8BrF3IN3O3. The van der Waals surface area contributed by atoms with E-state index in [0.29, 0.717) is 8.04 Å². The zero-order chi connectivity index (χ0) is 18.9. The van der Waals surface area contributed by atoms with Gasteiger partial charge in [-0.05, 0) is 44.6 Å². The van der Waals surface area contributed by atoms with Crippen molar-refractivity contribution in [2.45, 2.75) is 6.36 Å². The molecule has 25 heavy (non-hydrogen) atoms. The molecule has 0 saturated carbocycles. The maximum atomic E-state index is 12.5. The quantitative estimate of drug-likeness (QED) is 0.480. The van der Waals surface area contributed by atoms with Crippen molar-refractivity contribution in [1.82, 2.24) is 4.57 Å². The van der Waals surface area contributed by atoms with E-state index in [9.17, 15) is 18.0 Å². The summed E-state index contributed by atoms with van der Waals surface area (Å²) < 4.78 is 48.1. The average molecular weight is 530 g/mol. The molecule has 0 unspecified atom stereocenters. The number of methoxy groups -OCH3 is 1. The molecule has 0 amide bonds. The van der Waals surface area contributed by atoms with Crippen molar-refractivity contribution in [3.05, 3.63) is 37.6 Å². The Labute approximate surface area is 161 Å². The minimum atomic E-state index is -4.89. The number of anilines is 1. The first kappa shape index (κ1) is 19.4. The van der Waals surface area contributed by atoms with E-state index in [1.165, 1.54) is 10.8 Å². The second-order valence-electron chi connectivity index (χ2n) is 4.56. The van der Waals surface area contributed by atoms with Gasteiger partial charge < -0.3 is 19.8 Å². The number of nitrogens with zero attached hydrogens (tertiary/aromatic N) is 2. The van der Waals surface area contributed by atoms with Gasteiger partial charge >= 0.3 is 12.3 Å². The lowest BCUT2D eigenvalue weighted by Crippen LogP contribution is -2.18. The lowest BCUT2D eigenvalue weighted by Gasteiger charge is -2.15. The van der Waals surface area contributed by atoms with E-state index < -0.39 is 18.1 Å². The summed E-state index contributed by atoms with van der Waals surface area (Å²) in [5.41, 5.74) is 5.61. The molecule has 2 aromatic rings. The number of benzene rings is 1. The van der Waals surface area contributed by atoms with Gasteiger partial charge in [0.05, 0.1) is 27.6 Å². The third-order valence-electron chi connectivity index (χ3n) is 3.02. The summed E-state index contributed by atoms with van der Waals surface area (Å²) in [7, 11) is 1.12. The number of carbonyl (C=O) groups is 1. The van der Waals surface area contributed by atoms with Crippen LogP contribution >= 0.6 is 38.5 Å². The van der Waals surface area contributed by atoms with Gasteiger partial charge in [0.2, 0.25) is 0 Å². The first-order valence-electron chi connectivity index (χ1n) is 6.33. The summed E-state index contributed by atoms with van der Waals surface area (Å²) in [4.78, 5) is 12.0. The summed E-state index contributed by atoms with van der Waals surface area (Å²) in [5, 5.41) is 9.11. The Morgan fingerprint density at radius 3 is 2.60 bits per heavy atom. The van der Waals surface area contributed by atoms with Gasteiger partial charge in [-0.2, -0.15) is 5.26 Å². The summed E-state index contributed by atoms with van der Waals surface area (Å²) in [6.07, 6.45) is -3.65. The van der Waals surface area contributed by atoms with Crippen molar-refractivity contribution in [3.63, 3.8) is 0 Å². The standard InChI is InChI=1S/C14H8BrF3IN3O3/c1-24-13(23)12-11(21)6(4-20)5-22(12)9-3-7(25-14(16,17)18)2-8(15)10(9)19/h2-3,5H,21H2,1H3. The lowest BCUT2D eigenvalue weighted by atomic mass is 10.2. The van der Waals surface area contributed by atoms with Crippen molar-refractivity contribution >= 4 is 50.2 Å². The molecule has 0 atom stereocenters. The molecule has 11 heteroatoms. The third kappa shape index (κ3) is 4.01. The molecule has 0 aliphatic heterocycles. The second-order valence-corrected chi connectivity index (χ2v) is 6.50. The highest BCUT2D eigenvalue weighted by molar-refractivity contribution is 14.1. The predicted octanol–water partition coefficient (Wildman–Crippen LogP) is 3.98. The smallest absolute Gasteiger partial charge is 0.464 e. The molecule has 0 fully saturated rings. The van der Waals surface area contributed by atoms with Gasteiger partial charge in [-0.15, -0.1) is 13.2 Å². The van der Waals surface area contributed by atoms with Crippen molar-refractivity contribution in [2.75, 3.05) is 12.8 Å². The van der Waals surface area contributed by atoms with Gasteiger partial charge in [0.1, 0.15) is 11.8 Å². The molecule has 0 spiro atoms. The van der Waals surface area contributed by atoms with E-state index in [2.05, 4.69) is 25.4 Å². The van der Waals surface area contributed by atoms with Gasteiger partial charge in [-0.1, -0.05) is 0 Å². The number of hydrogen-bond donors (Lipinski definition) is 1. The molecule has 0 aliphatic carbocycles. The second kappa shape index (κ2) is 7.12. The largest absolute Gasteiger partial charge is 0.573 e. The number of nitrogen functional groups attached to an aromatic ring is 1. The molecule has 2 rings (SSSR count). The van der Waals surface area contributed by atoms with Crippen LogP contribution in [0.3, 0.4) is 0 Å². The number of hydrogen-bond acceptors (Lipinski definition) is 5. The van der Waals surface area contributed by atoms with Gasteiger partial charge in [-0.25, -0.2) is 4.79 Å². The first-order chi connectivity index (χ1) is 11.6. The third-order valence-corrected chi connectivity index (χ3v) is 5.52. The highest BCUT2D eigenvalue weighted by atomic mass is 127. The van der Waals surface area contributed by atoms with Crippen molar-refractivity contribution < 1.29 is 27.4 Å². The van der Waals surface area contributed by atoms with Crippen LogP contribution in [0.5, 0.6) is 5.75 Å². The van der Waals surface area contributed by atoms with Crippen LogP contribution in [0, 0.1) is 14.9 Å². The van der Waals surface area contributed by atoms with Crippen molar-refractivity contribution in [3.8, 4) is 17.5 Å². The Bertz CT molecular complexity index is 890. The molecule has 0 aliphatic rings. The van der Waals surface area contributed by atoms with Crippen molar-refractivity contribution in [1.29, 1.82) is 5.26 Å². The topological polar surface area (TPSA) is 90.3 Å². The maximum absolute atomic E-state index is 12.5. The van der Waals surface area contributed by atoms with Gasteiger partial charge in [0.25, 0.3) is 0 Å². The maximum Gasteiger partial charge on any atom is 0.573 e. The highest BCUT2D eigenvalue weighted by Gasteiger charge is 2.32. The highest BCUT2D eigenvalue weighted by Crippen LogP contribution is 2.35. The summed E-state index contributed by atoms with van der Waals surface area (Å²) >= 11 is 5.01. The van der Waals surface area contributed by atoms with E-state index >= 15 is 0 Å². The average Bonchev–Trinajstić information content (AvgIpc) is 2.85. The monoisotopic (exact) mass is 529 g/mol. The number of nitriles is 1. The van der Waals surface area contributed by atoms with E-state index in [1.807, 2.05) is 28.7 Å². The Morgan fingerprint density at radius 2 is 2.08 bits per heavy atom. The van der Waals surface area contributed by atoms with Crippen molar-refractivity contribution in [2.24, 2.45) is 0 Å². The van der Waals surface area contributed by atoms with Gasteiger partial charge in [-0.3, -0.25) is 0 Å². The minimum absolute atomic E-state index is 0.0190. The molecule has 2 N–H and O–H groups in total. The number of halogens is 5.